The van der Waals surface area contributed by atoms with Crippen LogP contribution in [0.2, 0.25) is 0 Å². The number of hydrogen-bond donors (Lipinski definition) is 1. The predicted molar refractivity (Wildman–Crippen MR) is 130 cm³/mol. The monoisotopic (exact) mass is 509 g/mol. The highest BCUT2D eigenvalue weighted by Gasteiger charge is 2.50. The van der Waals surface area contributed by atoms with Crippen molar-refractivity contribution in [3.63, 3.8) is 0 Å². The van der Waals surface area contributed by atoms with Gasteiger partial charge < -0.3 is 14.6 Å². The Bertz CT molecular complexity index is 1280. The summed E-state index contributed by atoms with van der Waals surface area (Å²) in [5.74, 6) is -0.0840. The van der Waals surface area contributed by atoms with Crippen molar-refractivity contribution in [2.45, 2.75) is 42.6 Å². The Balaban J connectivity index is 1.20. The summed E-state index contributed by atoms with van der Waals surface area (Å²) in [6.45, 7) is 0.533. The zero-order valence-electron chi connectivity index (χ0n) is 19.9. The van der Waals surface area contributed by atoms with E-state index in [-0.39, 0.29) is 44.1 Å². The summed E-state index contributed by atoms with van der Waals surface area (Å²) in [6.07, 6.45) is -4.87. The van der Waals surface area contributed by atoms with Crippen LogP contribution in [-0.4, -0.2) is 48.0 Å². The lowest BCUT2D eigenvalue weighted by atomic mass is 9.76. The van der Waals surface area contributed by atoms with Gasteiger partial charge in [0, 0.05) is 18.8 Å². The maximum Gasteiger partial charge on any atom is 0.416 e. The number of halogens is 3. The van der Waals surface area contributed by atoms with Gasteiger partial charge in [0.25, 0.3) is 0 Å². The van der Waals surface area contributed by atoms with E-state index < -0.39 is 35.5 Å². The first-order valence-corrected chi connectivity index (χ1v) is 12.4. The molecule has 5 nitrogen and oxygen atoms in total. The van der Waals surface area contributed by atoms with E-state index in [1.165, 1.54) is 12.1 Å². The van der Waals surface area contributed by atoms with E-state index in [0.29, 0.717) is 0 Å². The van der Waals surface area contributed by atoms with Gasteiger partial charge in [-0.05, 0) is 39.9 Å². The molecule has 0 aromatic heterocycles. The number of carbonyl (C=O) groups excluding carboxylic acids is 1. The van der Waals surface area contributed by atoms with Gasteiger partial charge in [-0.3, -0.25) is 4.90 Å². The van der Waals surface area contributed by atoms with Crippen LogP contribution in [0.5, 0.6) is 0 Å². The number of piperidine rings is 1. The molecule has 2 bridgehead atoms. The molecule has 0 spiro atoms. The molecule has 1 amide bonds. The number of rotatable bonds is 3. The van der Waals surface area contributed by atoms with Gasteiger partial charge in [0.15, 0.2) is 0 Å². The van der Waals surface area contributed by atoms with Crippen molar-refractivity contribution in [3.8, 4) is 11.1 Å². The van der Waals surface area contributed by atoms with Crippen molar-refractivity contribution < 1.29 is 32.5 Å². The summed E-state index contributed by atoms with van der Waals surface area (Å²) in [6, 6.07) is 19.9. The van der Waals surface area contributed by atoms with Crippen LogP contribution in [0.1, 0.15) is 41.0 Å². The Morgan fingerprint density at radius 2 is 1.54 bits per heavy atom. The predicted octanol–water partition coefficient (Wildman–Crippen LogP) is 5.71. The maximum absolute atomic E-state index is 13.3. The SMILES string of the molecule is O=C(OCC1c2ccccc2-c2ccccc21)N1C2COCC1CC(O)(c1cccc(C(F)(F)F)c1)C2. The van der Waals surface area contributed by atoms with Crippen molar-refractivity contribution >= 4 is 6.09 Å². The molecular formula is C29H26F3NO4. The quantitative estimate of drug-likeness (QED) is 0.492. The zero-order valence-corrected chi connectivity index (χ0v) is 19.9. The van der Waals surface area contributed by atoms with Crippen LogP contribution in [0, 0.1) is 0 Å². The van der Waals surface area contributed by atoms with E-state index >= 15 is 0 Å². The van der Waals surface area contributed by atoms with Gasteiger partial charge in [0.1, 0.15) is 6.61 Å². The third-order valence-corrected chi connectivity index (χ3v) is 7.83. The molecule has 1 N–H and O–H groups in total. The van der Waals surface area contributed by atoms with Crippen molar-refractivity contribution in [1.82, 2.24) is 4.90 Å². The molecule has 8 heteroatoms. The van der Waals surface area contributed by atoms with Crippen LogP contribution >= 0.6 is 0 Å². The lowest BCUT2D eigenvalue weighted by Gasteiger charge is -2.51. The van der Waals surface area contributed by atoms with Crippen LogP contribution in [0.15, 0.2) is 72.8 Å². The molecule has 3 aromatic carbocycles. The summed E-state index contributed by atoms with van der Waals surface area (Å²) < 4.78 is 51.4. The largest absolute Gasteiger partial charge is 0.448 e. The van der Waals surface area contributed by atoms with E-state index in [1.54, 1.807) is 4.90 Å². The van der Waals surface area contributed by atoms with Gasteiger partial charge in [-0.1, -0.05) is 60.7 Å². The molecule has 2 atom stereocenters. The highest BCUT2D eigenvalue weighted by atomic mass is 19.4. The Labute approximate surface area is 212 Å². The van der Waals surface area contributed by atoms with Gasteiger partial charge in [-0.2, -0.15) is 13.2 Å². The first kappa shape index (κ1) is 24.0. The number of carbonyl (C=O) groups is 1. The molecule has 3 aromatic rings. The minimum Gasteiger partial charge on any atom is -0.448 e. The third kappa shape index (κ3) is 4.18. The summed E-state index contributed by atoms with van der Waals surface area (Å²) >= 11 is 0. The fourth-order valence-corrected chi connectivity index (χ4v) is 6.16. The molecular weight excluding hydrogens is 483 g/mol. The van der Waals surface area contributed by atoms with Gasteiger partial charge in [-0.15, -0.1) is 0 Å². The second-order valence-corrected chi connectivity index (χ2v) is 10.1. The van der Waals surface area contributed by atoms with E-state index in [0.717, 1.165) is 34.4 Å². The average molecular weight is 510 g/mol. The highest BCUT2D eigenvalue weighted by Crippen LogP contribution is 2.46. The van der Waals surface area contributed by atoms with Crippen molar-refractivity contribution in [2.75, 3.05) is 19.8 Å². The molecule has 2 saturated heterocycles. The second-order valence-electron chi connectivity index (χ2n) is 10.1. The van der Waals surface area contributed by atoms with E-state index in [2.05, 4.69) is 12.1 Å². The fourth-order valence-electron chi connectivity index (χ4n) is 6.16. The number of ether oxygens (including phenoxy) is 2. The topological polar surface area (TPSA) is 59.0 Å². The second kappa shape index (κ2) is 8.89. The van der Waals surface area contributed by atoms with E-state index in [9.17, 15) is 23.1 Å². The number of aliphatic hydroxyl groups is 1. The normalized spacial score (nSPS) is 24.9. The average Bonchev–Trinajstić information content (AvgIpc) is 3.20. The van der Waals surface area contributed by atoms with Crippen molar-refractivity contribution in [1.29, 1.82) is 0 Å². The number of nitrogens with zero attached hydrogens (tertiary/aromatic N) is 1. The molecule has 2 heterocycles. The highest BCUT2D eigenvalue weighted by molar-refractivity contribution is 5.79. The number of hydrogen-bond acceptors (Lipinski definition) is 4. The Morgan fingerprint density at radius 1 is 0.946 bits per heavy atom. The Hall–Kier alpha value is -3.36. The van der Waals surface area contributed by atoms with Crippen LogP contribution < -0.4 is 0 Å². The van der Waals surface area contributed by atoms with Crippen molar-refractivity contribution in [2.24, 2.45) is 0 Å². The molecule has 0 saturated carbocycles. The molecule has 2 aliphatic heterocycles. The molecule has 6 rings (SSSR count). The minimum atomic E-state index is -4.51. The third-order valence-electron chi connectivity index (χ3n) is 7.83. The number of alkyl halides is 3. The van der Waals surface area contributed by atoms with E-state index in [1.807, 2.05) is 36.4 Å². The first-order valence-electron chi connectivity index (χ1n) is 12.4. The number of morpholine rings is 1. The van der Waals surface area contributed by atoms with Crippen LogP contribution in [0.4, 0.5) is 18.0 Å². The standard InChI is InChI=1S/C29H26F3NO4/c30-29(31,32)19-7-5-6-18(12-19)28(35)13-20-15-36-16-21(14-28)33(20)27(34)37-17-26-24-10-3-1-8-22(24)23-9-2-4-11-25(23)26/h1-12,20-21,26,35H,13-17H2. The zero-order chi connectivity index (χ0) is 25.8. The van der Waals surface area contributed by atoms with Crippen LogP contribution in [-0.2, 0) is 21.3 Å². The van der Waals surface area contributed by atoms with Gasteiger partial charge in [-0.25, -0.2) is 4.79 Å². The molecule has 192 valence electrons. The summed E-state index contributed by atoms with van der Waals surface area (Å²) in [5.41, 5.74) is 2.38. The number of amides is 1. The van der Waals surface area contributed by atoms with Gasteiger partial charge >= 0.3 is 12.3 Å². The molecule has 2 fully saturated rings. The Morgan fingerprint density at radius 3 is 2.14 bits per heavy atom. The maximum atomic E-state index is 13.3. The lowest BCUT2D eigenvalue weighted by molar-refractivity contribution is -0.140. The van der Waals surface area contributed by atoms with Gasteiger partial charge in [0.05, 0.1) is 36.5 Å². The first-order chi connectivity index (χ1) is 17.7. The van der Waals surface area contributed by atoms with Crippen LogP contribution in [0.25, 0.3) is 11.1 Å². The lowest BCUT2D eigenvalue weighted by Crippen LogP contribution is -2.62. The molecule has 0 radical (unpaired) electrons. The molecule has 37 heavy (non-hydrogen) atoms. The summed E-state index contributed by atoms with van der Waals surface area (Å²) in [7, 11) is 0. The number of benzene rings is 3. The van der Waals surface area contributed by atoms with Gasteiger partial charge in [0.2, 0.25) is 0 Å². The minimum absolute atomic E-state index is 0.0645. The molecule has 2 unspecified atom stereocenters. The summed E-state index contributed by atoms with van der Waals surface area (Å²) in [5, 5.41) is 11.5. The molecule has 1 aliphatic carbocycles. The molecule has 3 aliphatic rings. The fraction of sp³-hybridized carbons (Fsp3) is 0.345. The smallest absolute Gasteiger partial charge is 0.416 e. The summed E-state index contributed by atoms with van der Waals surface area (Å²) in [4.78, 5) is 15.0. The van der Waals surface area contributed by atoms with E-state index in [4.69, 9.17) is 9.47 Å². The van der Waals surface area contributed by atoms with Crippen molar-refractivity contribution in [3.05, 3.63) is 95.1 Å². The number of fused-ring (bicyclic) bond motifs is 5. The Kier molecular flexibility index (Phi) is 5.76. The van der Waals surface area contributed by atoms with Crippen LogP contribution in [0.3, 0.4) is 0 Å².